The molecule has 0 spiro atoms. The lowest BCUT2D eigenvalue weighted by Gasteiger charge is -1.93. The van der Waals surface area contributed by atoms with Crippen LogP contribution in [-0.2, 0) is 4.84 Å². The Morgan fingerprint density at radius 2 is 2.64 bits per heavy atom. The summed E-state index contributed by atoms with van der Waals surface area (Å²) in [7, 11) is 1.52. The Labute approximate surface area is 73.0 Å². The van der Waals surface area contributed by atoms with Gasteiger partial charge in [-0.15, -0.1) is 5.16 Å². The zero-order chi connectivity index (χ0) is 8.10. The predicted molar refractivity (Wildman–Crippen MR) is 48.6 cm³/mol. The van der Waals surface area contributed by atoms with Crippen molar-refractivity contribution in [3.05, 3.63) is 0 Å². The smallest absolute Gasteiger partial charge is 0.170 e. The molecule has 1 aliphatic rings. The van der Waals surface area contributed by atoms with Gasteiger partial charge in [0.05, 0.1) is 11.5 Å². The summed E-state index contributed by atoms with van der Waals surface area (Å²) in [6, 6.07) is 0. The summed E-state index contributed by atoms with van der Waals surface area (Å²) in [5, 5.41) is 15.2. The molecule has 1 heterocycles. The molecule has 0 aromatic rings. The lowest BCUT2D eigenvalue weighted by molar-refractivity contribution is 0.216. The predicted octanol–water partition coefficient (Wildman–Crippen LogP) is 1.21. The minimum atomic E-state index is 0.221. The number of rotatable bonds is 2. The second-order valence-corrected chi connectivity index (χ2v) is 4.27. The van der Waals surface area contributed by atoms with Crippen molar-refractivity contribution in [3.8, 4) is 0 Å². The van der Waals surface area contributed by atoms with E-state index in [9.17, 15) is 0 Å². The number of nitrogens with zero attached hydrogens (tertiary/aromatic N) is 2. The van der Waals surface area contributed by atoms with E-state index in [0.29, 0.717) is 0 Å². The molecule has 1 atom stereocenters. The first kappa shape index (κ1) is 8.73. The highest BCUT2D eigenvalue weighted by atomic mass is 32.2. The van der Waals surface area contributed by atoms with E-state index in [-0.39, 0.29) is 5.25 Å². The number of oxime groups is 2. The van der Waals surface area contributed by atoms with Crippen LogP contribution >= 0.6 is 23.5 Å². The number of hydrogen-bond acceptors (Lipinski definition) is 6. The van der Waals surface area contributed by atoms with Crippen LogP contribution in [0.4, 0.5) is 0 Å². The molecule has 0 saturated carbocycles. The molecular weight excluding hydrogens is 184 g/mol. The first-order valence-corrected chi connectivity index (χ1v) is 4.81. The highest BCUT2D eigenvalue weighted by Gasteiger charge is 2.21. The molecule has 0 aliphatic carbocycles. The Bertz CT molecular complexity index is 183. The minimum Gasteiger partial charge on any atom is -0.411 e. The summed E-state index contributed by atoms with van der Waals surface area (Å²) in [5.74, 6) is 0.886. The molecule has 1 fully saturated rings. The van der Waals surface area contributed by atoms with Crippen LogP contribution in [0, 0.1) is 0 Å². The lowest BCUT2D eigenvalue weighted by atomic mass is 10.5. The highest BCUT2D eigenvalue weighted by molar-refractivity contribution is 8.42. The van der Waals surface area contributed by atoms with Crippen LogP contribution < -0.4 is 0 Å². The van der Waals surface area contributed by atoms with Gasteiger partial charge in [0.2, 0.25) is 0 Å². The average Bonchev–Trinajstić information content (AvgIpc) is 2.38. The van der Waals surface area contributed by atoms with Gasteiger partial charge in [-0.1, -0.05) is 28.7 Å². The Morgan fingerprint density at radius 3 is 3.27 bits per heavy atom. The van der Waals surface area contributed by atoms with Gasteiger partial charge in [0.15, 0.2) is 4.38 Å². The van der Waals surface area contributed by atoms with Crippen molar-refractivity contribution in [1.82, 2.24) is 0 Å². The van der Waals surface area contributed by atoms with Gasteiger partial charge in [-0.2, -0.15) is 0 Å². The lowest BCUT2D eigenvalue weighted by Crippen LogP contribution is -2.01. The highest BCUT2D eigenvalue weighted by Crippen LogP contribution is 2.31. The molecule has 0 bridgehead atoms. The van der Waals surface area contributed by atoms with Crippen LogP contribution in [-0.4, -0.2) is 33.9 Å². The van der Waals surface area contributed by atoms with E-state index >= 15 is 0 Å². The first-order valence-electron chi connectivity index (χ1n) is 2.95. The Hall–Kier alpha value is -0.360. The van der Waals surface area contributed by atoms with Crippen LogP contribution in [0.5, 0.6) is 0 Å². The Kier molecular flexibility index (Phi) is 3.58. The van der Waals surface area contributed by atoms with E-state index in [1.807, 2.05) is 0 Å². The van der Waals surface area contributed by atoms with E-state index in [1.54, 1.807) is 11.8 Å². The van der Waals surface area contributed by atoms with E-state index in [1.165, 1.54) is 25.1 Å². The normalized spacial score (nSPS) is 28.5. The van der Waals surface area contributed by atoms with Gasteiger partial charge in [-0.3, -0.25) is 0 Å². The summed E-state index contributed by atoms with van der Waals surface area (Å²) in [6.45, 7) is 0. The van der Waals surface area contributed by atoms with Crippen molar-refractivity contribution in [1.29, 1.82) is 0 Å². The van der Waals surface area contributed by atoms with Crippen LogP contribution in [0.2, 0.25) is 0 Å². The van der Waals surface area contributed by atoms with Gasteiger partial charge < -0.3 is 10.0 Å². The Morgan fingerprint density at radius 1 is 1.82 bits per heavy atom. The van der Waals surface area contributed by atoms with Crippen molar-refractivity contribution >= 4 is 34.1 Å². The quantitative estimate of drug-likeness (QED) is 0.406. The second-order valence-electron chi connectivity index (χ2n) is 1.77. The molecule has 1 N–H and O–H groups in total. The summed E-state index contributed by atoms with van der Waals surface area (Å²) >= 11 is 3.14. The molecule has 11 heavy (non-hydrogen) atoms. The van der Waals surface area contributed by atoms with Crippen molar-refractivity contribution in [2.75, 3.05) is 12.9 Å². The van der Waals surface area contributed by atoms with Gasteiger partial charge in [0.25, 0.3) is 0 Å². The maximum Gasteiger partial charge on any atom is 0.170 e. The second kappa shape index (κ2) is 4.50. The maximum atomic E-state index is 8.22. The molecule has 1 saturated heterocycles. The molecule has 62 valence electrons. The monoisotopic (exact) mass is 192 g/mol. The van der Waals surface area contributed by atoms with Gasteiger partial charge in [0.1, 0.15) is 7.11 Å². The fraction of sp³-hybridized carbons (Fsp3) is 0.600. The van der Waals surface area contributed by atoms with E-state index < -0.39 is 0 Å². The van der Waals surface area contributed by atoms with Gasteiger partial charge >= 0.3 is 0 Å². The summed E-state index contributed by atoms with van der Waals surface area (Å²) in [6.07, 6.45) is 1.50. The minimum absolute atomic E-state index is 0.221. The van der Waals surface area contributed by atoms with Crippen LogP contribution in [0.25, 0.3) is 0 Å². The SMILES string of the molecule is CO/N=C1/SC[C@@H](/C=N\O)S1. The molecular formula is C5H8N2O2S2. The van der Waals surface area contributed by atoms with E-state index in [0.717, 1.165) is 10.1 Å². The van der Waals surface area contributed by atoms with Crippen LogP contribution in [0.15, 0.2) is 10.3 Å². The molecule has 1 rings (SSSR count). The van der Waals surface area contributed by atoms with Crippen LogP contribution in [0.1, 0.15) is 0 Å². The van der Waals surface area contributed by atoms with Gasteiger partial charge in [-0.25, -0.2) is 0 Å². The molecule has 6 heteroatoms. The first-order chi connectivity index (χ1) is 5.36. The average molecular weight is 192 g/mol. The molecule has 0 radical (unpaired) electrons. The van der Waals surface area contributed by atoms with Crippen LogP contribution in [0.3, 0.4) is 0 Å². The third-order valence-corrected chi connectivity index (χ3v) is 3.59. The van der Waals surface area contributed by atoms with Crippen molar-refractivity contribution in [2.45, 2.75) is 5.25 Å². The molecule has 4 nitrogen and oxygen atoms in total. The molecule has 0 amide bonds. The summed E-state index contributed by atoms with van der Waals surface area (Å²) in [5.41, 5.74) is 0. The standard InChI is InChI=1S/C5H8N2O2S2/c1-9-7-5-10-3-4(11-5)2-6-8/h2,4,8H,3H2,1H3/b6-2-,7-5-/t4-/m1/s1. The van der Waals surface area contributed by atoms with E-state index in [2.05, 4.69) is 15.1 Å². The van der Waals surface area contributed by atoms with E-state index in [4.69, 9.17) is 5.21 Å². The molecule has 0 aromatic heterocycles. The summed E-state index contributed by atoms with van der Waals surface area (Å²) in [4.78, 5) is 4.59. The maximum absolute atomic E-state index is 8.22. The third kappa shape index (κ3) is 2.63. The number of thioether (sulfide) groups is 2. The largest absolute Gasteiger partial charge is 0.411 e. The zero-order valence-corrected chi connectivity index (χ0v) is 7.56. The number of hydrogen-bond donors (Lipinski definition) is 1. The molecule has 1 aliphatic heterocycles. The fourth-order valence-corrected chi connectivity index (χ4v) is 2.96. The Balaban J connectivity index is 2.40. The topological polar surface area (TPSA) is 54.2 Å². The van der Waals surface area contributed by atoms with Crippen molar-refractivity contribution in [2.24, 2.45) is 10.3 Å². The summed E-state index contributed by atoms with van der Waals surface area (Å²) < 4.78 is 0.886. The zero-order valence-electron chi connectivity index (χ0n) is 5.93. The third-order valence-electron chi connectivity index (χ3n) is 1.02. The van der Waals surface area contributed by atoms with Gasteiger partial charge in [-0.05, 0) is 0 Å². The molecule has 0 unspecified atom stereocenters. The fourth-order valence-electron chi connectivity index (χ4n) is 0.621. The van der Waals surface area contributed by atoms with Gasteiger partial charge in [0, 0.05) is 5.75 Å². The van der Waals surface area contributed by atoms with Crippen molar-refractivity contribution < 1.29 is 10.0 Å². The molecule has 0 aromatic carbocycles. The van der Waals surface area contributed by atoms with Crippen molar-refractivity contribution in [3.63, 3.8) is 0 Å².